The van der Waals surface area contributed by atoms with E-state index in [1.54, 1.807) is 0 Å². The molecule has 1 heteroatoms. The summed E-state index contributed by atoms with van der Waals surface area (Å²) in [5.41, 5.74) is 0. The molecule has 0 saturated heterocycles. The molecular weight excluding hydrogens is 206 g/mol. The van der Waals surface area contributed by atoms with Crippen molar-refractivity contribution in [1.29, 1.82) is 0 Å². The Balaban J connectivity index is 1.80. The van der Waals surface area contributed by atoms with E-state index >= 15 is 0 Å². The van der Waals surface area contributed by atoms with Crippen LogP contribution in [0.4, 0.5) is 0 Å². The summed E-state index contributed by atoms with van der Waals surface area (Å²) in [7, 11) is 0. The zero-order valence-electron chi connectivity index (χ0n) is 11.3. The van der Waals surface area contributed by atoms with Gasteiger partial charge >= 0.3 is 0 Å². The zero-order valence-corrected chi connectivity index (χ0v) is 11.3. The SMILES string of the molecule is C#CCCCC(NCCC)C1C2CCCCC21. The Hall–Kier alpha value is -0.480. The lowest BCUT2D eigenvalue weighted by Gasteiger charge is -2.18. The van der Waals surface area contributed by atoms with E-state index in [9.17, 15) is 0 Å². The van der Waals surface area contributed by atoms with Gasteiger partial charge in [0.1, 0.15) is 0 Å². The van der Waals surface area contributed by atoms with Crippen molar-refractivity contribution in [2.24, 2.45) is 17.8 Å². The largest absolute Gasteiger partial charge is 0.314 e. The van der Waals surface area contributed by atoms with E-state index in [1.165, 1.54) is 51.5 Å². The molecule has 96 valence electrons. The van der Waals surface area contributed by atoms with E-state index in [1.807, 2.05) is 0 Å². The molecule has 2 aliphatic carbocycles. The zero-order chi connectivity index (χ0) is 12.1. The highest BCUT2D eigenvalue weighted by Gasteiger charge is 2.53. The molecule has 1 nitrogen and oxygen atoms in total. The smallest absolute Gasteiger partial charge is 0.0101 e. The van der Waals surface area contributed by atoms with Crippen molar-refractivity contribution in [3.8, 4) is 12.3 Å². The quantitative estimate of drug-likeness (QED) is 0.523. The van der Waals surface area contributed by atoms with Gasteiger partial charge < -0.3 is 5.32 Å². The highest BCUT2D eigenvalue weighted by molar-refractivity contribution is 5.04. The fraction of sp³-hybridized carbons (Fsp3) is 0.875. The average molecular weight is 233 g/mol. The molecule has 0 radical (unpaired) electrons. The summed E-state index contributed by atoms with van der Waals surface area (Å²) < 4.78 is 0. The highest BCUT2D eigenvalue weighted by Crippen LogP contribution is 2.57. The standard InChI is InChI=1S/C16H27N/c1-3-5-6-11-15(17-12-4-2)16-13-9-7-8-10-14(13)16/h1,13-17H,4-12H2,2H3. The van der Waals surface area contributed by atoms with E-state index in [4.69, 9.17) is 6.42 Å². The number of nitrogens with one attached hydrogen (secondary N) is 1. The minimum atomic E-state index is 0.761. The number of hydrogen-bond donors (Lipinski definition) is 1. The maximum atomic E-state index is 5.35. The summed E-state index contributed by atoms with van der Waals surface area (Å²) in [4.78, 5) is 0. The first-order valence-corrected chi connectivity index (χ1v) is 7.55. The first-order chi connectivity index (χ1) is 8.38. The van der Waals surface area contributed by atoms with Crippen LogP contribution in [0.15, 0.2) is 0 Å². The Kier molecular flexibility index (Phi) is 4.92. The van der Waals surface area contributed by atoms with Gasteiger partial charge in [-0.25, -0.2) is 0 Å². The molecule has 0 aromatic carbocycles. The van der Waals surface area contributed by atoms with Gasteiger partial charge in [-0.05, 0) is 56.4 Å². The third-order valence-electron chi connectivity index (χ3n) is 4.68. The van der Waals surface area contributed by atoms with Crippen molar-refractivity contribution in [1.82, 2.24) is 5.32 Å². The number of fused-ring (bicyclic) bond motifs is 1. The Morgan fingerprint density at radius 2 is 2.00 bits per heavy atom. The lowest BCUT2D eigenvalue weighted by atomic mass is 10.0. The Labute approximate surface area is 107 Å². The van der Waals surface area contributed by atoms with Crippen LogP contribution in [-0.4, -0.2) is 12.6 Å². The van der Waals surface area contributed by atoms with Crippen LogP contribution in [0, 0.1) is 30.1 Å². The molecule has 0 aliphatic heterocycles. The Morgan fingerprint density at radius 3 is 2.59 bits per heavy atom. The summed E-state index contributed by atoms with van der Waals surface area (Å²) in [6.07, 6.45) is 16.0. The summed E-state index contributed by atoms with van der Waals surface area (Å²) in [5.74, 6) is 5.88. The second-order valence-electron chi connectivity index (χ2n) is 5.85. The normalized spacial score (nSPS) is 32.6. The van der Waals surface area contributed by atoms with Gasteiger partial charge in [-0.15, -0.1) is 12.3 Å². The van der Waals surface area contributed by atoms with Crippen molar-refractivity contribution in [3.63, 3.8) is 0 Å². The van der Waals surface area contributed by atoms with Gasteiger partial charge in [-0.2, -0.15) is 0 Å². The fourth-order valence-electron chi connectivity index (χ4n) is 3.83. The maximum Gasteiger partial charge on any atom is 0.0101 e. The minimum Gasteiger partial charge on any atom is -0.314 e. The van der Waals surface area contributed by atoms with Gasteiger partial charge in [0.25, 0.3) is 0 Å². The first-order valence-electron chi connectivity index (χ1n) is 7.55. The molecule has 2 saturated carbocycles. The predicted molar refractivity (Wildman–Crippen MR) is 73.7 cm³/mol. The molecule has 1 N–H and O–H groups in total. The first kappa shape index (κ1) is 13.0. The molecule has 3 atom stereocenters. The molecule has 3 unspecified atom stereocenters. The highest BCUT2D eigenvalue weighted by atomic mass is 14.9. The van der Waals surface area contributed by atoms with E-state index in [2.05, 4.69) is 18.2 Å². The van der Waals surface area contributed by atoms with Gasteiger partial charge in [0.05, 0.1) is 0 Å². The van der Waals surface area contributed by atoms with Crippen LogP contribution in [0.1, 0.15) is 58.3 Å². The molecule has 2 aliphatic rings. The molecule has 0 spiro atoms. The molecule has 0 bridgehead atoms. The average Bonchev–Trinajstić information content (AvgIpc) is 3.08. The summed E-state index contributed by atoms with van der Waals surface area (Å²) >= 11 is 0. The topological polar surface area (TPSA) is 12.0 Å². The molecule has 0 aromatic rings. The number of hydrogen-bond acceptors (Lipinski definition) is 1. The molecular formula is C16H27N. The summed E-state index contributed by atoms with van der Waals surface area (Å²) in [6.45, 7) is 3.43. The van der Waals surface area contributed by atoms with Crippen LogP contribution in [0.3, 0.4) is 0 Å². The van der Waals surface area contributed by atoms with Crippen molar-refractivity contribution >= 4 is 0 Å². The van der Waals surface area contributed by atoms with Gasteiger partial charge in [-0.1, -0.05) is 19.8 Å². The third-order valence-corrected chi connectivity index (χ3v) is 4.68. The van der Waals surface area contributed by atoms with E-state index in [-0.39, 0.29) is 0 Å². The Morgan fingerprint density at radius 1 is 1.29 bits per heavy atom. The maximum absolute atomic E-state index is 5.35. The minimum absolute atomic E-state index is 0.761. The van der Waals surface area contributed by atoms with Crippen LogP contribution in [0.25, 0.3) is 0 Å². The molecule has 0 amide bonds. The number of unbranched alkanes of at least 4 members (excludes halogenated alkanes) is 1. The molecule has 2 fully saturated rings. The van der Waals surface area contributed by atoms with Crippen molar-refractivity contribution < 1.29 is 0 Å². The van der Waals surface area contributed by atoms with Crippen molar-refractivity contribution in [2.75, 3.05) is 6.54 Å². The van der Waals surface area contributed by atoms with Gasteiger partial charge in [0, 0.05) is 12.5 Å². The van der Waals surface area contributed by atoms with Crippen molar-refractivity contribution in [3.05, 3.63) is 0 Å². The van der Waals surface area contributed by atoms with Crippen LogP contribution < -0.4 is 5.32 Å². The monoisotopic (exact) mass is 233 g/mol. The second kappa shape index (κ2) is 6.45. The Bertz CT molecular complexity index is 253. The number of terminal acetylenes is 1. The van der Waals surface area contributed by atoms with Crippen LogP contribution in [0.2, 0.25) is 0 Å². The second-order valence-corrected chi connectivity index (χ2v) is 5.85. The van der Waals surface area contributed by atoms with Gasteiger partial charge in [-0.3, -0.25) is 0 Å². The third kappa shape index (κ3) is 3.26. The number of rotatable bonds is 7. The molecule has 17 heavy (non-hydrogen) atoms. The van der Waals surface area contributed by atoms with Crippen LogP contribution >= 0.6 is 0 Å². The molecule has 2 rings (SSSR count). The van der Waals surface area contributed by atoms with Crippen LogP contribution in [-0.2, 0) is 0 Å². The summed E-state index contributed by atoms with van der Waals surface area (Å²) in [6, 6.07) is 0.761. The van der Waals surface area contributed by atoms with E-state index in [0.29, 0.717) is 0 Å². The van der Waals surface area contributed by atoms with Gasteiger partial charge in [0.15, 0.2) is 0 Å². The van der Waals surface area contributed by atoms with Gasteiger partial charge in [0.2, 0.25) is 0 Å². The molecule has 0 heterocycles. The predicted octanol–water partition coefficient (Wildman–Crippen LogP) is 3.59. The fourth-order valence-corrected chi connectivity index (χ4v) is 3.83. The summed E-state index contributed by atoms with van der Waals surface area (Å²) in [5, 5.41) is 3.78. The van der Waals surface area contributed by atoms with Crippen LogP contribution in [0.5, 0.6) is 0 Å². The van der Waals surface area contributed by atoms with E-state index < -0.39 is 0 Å². The lowest BCUT2D eigenvalue weighted by Crippen LogP contribution is -2.32. The van der Waals surface area contributed by atoms with Crippen molar-refractivity contribution in [2.45, 2.75) is 64.3 Å². The molecule has 0 aromatic heterocycles. The lowest BCUT2D eigenvalue weighted by molar-refractivity contribution is 0.399. The van der Waals surface area contributed by atoms with E-state index in [0.717, 1.165) is 30.2 Å².